The average Bonchev–Trinajstić information content (AvgIpc) is 2.92. The summed E-state index contributed by atoms with van der Waals surface area (Å²) in [6, 6.07) is 0. The summed E-state index contributed by atoms with van der Waals surface area (Å²) in [6.45, 7) is 4.95. The first-order chi connectivity index (χ1) is 8.69. The van der Waals surface area contributed by atoms with E-state index in [1.807, 2.05) is 13.8 Å². The van der Waals surface area contributed by atoms with Crippen LogP contribution >= 0.6 is 24.8 Å². The first-order valence-corrected chi connectivity index (χ1v) is 5.95. The van der Waals surface area contributed by atoms with Gasteiger partial charge in [0.1, 0.15) is 0 Å². The minimum atomic E-state index is 0. The molecule has 0 bridgehead atoms. The zero-order chi connectivity index (χ0) is 13.4. The van der Waals surface area contributed by atoms with Crippen molar-refractivity contribution in [3.63, 3.8) is 0 Å². The van der Waals surface area contributed by atoms with E-state index in [2.05, 4.69) is 12.2 Å². The summed E-state index contributed by atoms with van der Waals surface area (Å²) in [5, 5.41) is 17.9. The van der Waals surface area contributed by atoms with Gasteiger partial charge >= 0.3 is 26.2 Å². The van der Waals surface area contributed by atoms with Crippen molar-refractivity contribution in [2.24, 2.45) is 0 Å². The zero-order valence-corrected chi connectivity index (χ0v) is 16.1. The van der Waals surface area contributed by atoms with Gasteiger partial charge in [-0.25, -0.2) is 12.2 Å². The number of allylic oxidation sites excluding steroid dienone is 4. The smallest absolute Gasteiger partial charge is 0.576 e. The van der Waals surface area contributed by atoms with E-state index in [1.165, 1.54) is 0 Å². The van der Waals surface area contributed by atoms with Gasteiger partial charge in [-0.1, -0.05) is 0 Å². The van der Waals surface area contributed by atoms with E-state index in [-0.39, 0.29) is 62.5 Å². The van der Waals surface area contributed by atoms with Gasteiger partial charge in [-0.15, -0.1) is 49.8 Å². The molecule has 0 aliphatic heterocycles. The fourth-order valence-electron chi connectivity index (χ4n) is 1.41. The SMILES string of the molecule is CCOC1=CC[C-]=C1O.CCOC1=CC[C-]=C1O.Cl.Cl.[Zr+2]. The van der Waals surface area contributed by atoms with Gasteiger partial charge in [-0.2, -0.15) is 0 Å². The molecule has 0 spiro atoms. The van der Waals surface area contributed by atoms with Crippen LogP contribution < -0.4 is 0 Å². The van der Waals surface area contributed by atoms with Crippen LogP contribution in [0.15, 0.2) is 35.2 Å². The maximum Gasteiger partial charge on any atom is 2.00 e. The van der Waals surface area contributed by atoms with Crippen LogP contribution in [0.4, 0.5) is 0 Å². The molecule has 2 N–H and O–H groups in total. The summed E-state index contributed by atoms with van der Waals surface area (Å²) >= 11 is 0. The van der Waals surface area contributed by atoms with Crippen LogP contribution in [0.5, 0.6) is 0 Å². The van der Waals surface area contributed by atoms with Gasteiger partial charge in [-0.05, 0) is 25.4 Å². The van der Waals surface area contributed by atoms with Crippen molar-refractivity contribution in [1.29, 1.82) is 0 Å². The Morgan fingerprint density at radius 1 is 0.905 bits per heavy atom. The largest absolute Gasteiger partial charge is 2.00 e. The summed E-state index contributed by atoms with van der Waals surface area (Å²) in [6.07, 6.45) is 10.4. The molecule has 0 aromatic carbocycles. The van der Waals surface area contributed by atoms with Crippen molar-refractivity contribution in [3.8, 4) is 0 Å². The predicted molar refractivity (Wildman–Crippen MR) is 81.9 cm³/mol. The van der Waals surface area contributed by atoms with Crippen molar-refractivity contribution >= 4 is 24.8 Å². The number of aliphatic hydroxyl groups excluding tert-OH is 2. The molecule has 118 valence electrons. The van der Waals surface area contributed by atoms with Gasteiger partial charge in [0.2, 0.25) is 0 Å². The van der Waals surface area contributed by atoms with Crippen LogP contribution in [0.2, 0.25) is 0 Å². The van der Waals surface area contributed by atoms with E-state index >= 15 is 0 Å². The molecular weight excluding hydrogens is 394 g/mol. The van der Waals surface area contributed by atoms with E-state index in [0.29, 0.717) is 37.6 Å². The van der Waals surface area contributed by atoms with Crippen LogP contribution in [0.25, 0.3) is 0 Å². The summed E-state index contributed by atoms with van der Waals surface area (Å²) in [5.41, 5.74) is 0. The molecular formula is C14H20Cl2O4Zr. The molecule has 2 rings (SSSR count). The second-order valence-electron chi connectivity index (χ2n) is 3.46. The third-order valence-electron chi connectivity index (χ3n) is 2.18. The van der Waals surface area contributed by atoms with E-state index in [0.717, 1.165) is 0 Å². The summed E-state index contributed by atoms with van der Waals surface area (Å²) < 4.78 is 10.1. The quantitative estimate of drug-likeness (QED) is 0.684. The molecule has 0 saturated heterocycles. The number of halogens is 2. The summed E-state index contributed by atoms with van der Waals surface area (Å²) in [7, 11) is 0. The predicted octanol–water partition coefficient (Wildman–Crippen LogP) is 3.95. The molecule has 0 saturated carbocycles. The van der Waals surface area contributed by atoms with Gasteiger partial charge in [0.15, 0.2) is 0 Å². The Labute approximate surface area is 157 Å². The Balaban J connectivity index is -0.000000270. The van der Waals surface area contributed by atoms with E-state index in [9.17, 15) is 0 Å². The van der Waals surface area contributed by atoms with E-state index < -0.39 is 0 Å². The van der Waals surface area contributed by atoms with Gasteiger partial charge in [0, 0.05) is 11.5 Å². The van der Waals surface area contributed by atoms with Crippen LogP contribution in [-0.4, -0.2) is 23.4 Å². The van der Waals surface area contributed by atoms with Gasteiger partial charge in [0.25, 0.3) is 0 Å². The third kappa shape index (κ3) is 9.28. The van der Waals surface area contributed by atoms with Crippen LogP contribution in [0, 0.1) is 12.2 Å². The van der Waals surface area contributed by atoms with Crippen molar-refractivity contribution in [2.75, 3.05) is 13.2 Å². The molecule has 4 nitrogen and oxygen atoms in total. The Kier molecular flexibility index (Phi) is 17.7. The van der Waals surface area contributed by atoms with Gasteiger partial charge in [0.05, 0.1) is 13.2 Å². The molecule has 0 heterocycles. The molecule has 0 radical (unpaired) electrons. The average molecular weight is 414 g/mol. The Morgan fingerprint density at radius 2 is 1.24 bits per heavy atom. The third-order valence-corrected chi connectivity index (χ3v) is 2.18. The summed E-state index contributed by atoms with van der Waals surface area (Å²) in [5.74, 6) is 1.43. The van der Waals surface area contributed by atoms with Crippen molar-refractivity contribution in [3.05, 3.63) is 47.3 Å². The van der Waals surface area contributed by atoms with E-state index in [1.54, 1.807) is 12.2 Å². The number of aliphatic hydroxyl groups is 2. The number of hydrogen-bond acceptors (Lipinski definition) is 4. The van der Waals surface area contributed by atoms with Crippen LogP contribution in [-0.2, 0) is 35.7 Å². The standard InChI is InChI=1S/2C7H9O2.2ClH.Zr/c2*1-2-9-7-5-3-4-6(7)8;;;/h2*5,8H,2-3H2,1H3;2*1H;/q2*-1;;;+2. The molecule has 2 aliphatic carbocycles. The fourth-order valence-corrected chi connectivity index (χ4v) is 1.41. The first kappa shape index (κ1) is 25.6. The number of hydrogen-bond donors (Lipinski definition) is 2. The molecule has 7 heteroatoms. The first-order valence-electron chi connectivity index (χ1n) is 5.95. The molecule has 0 aromatic rings. The maximum absolute atomic E-state index is 8.93. The molecule has 21 heavy (non-hydrogen) atoms. The second-order valence-corrected chi connectivity index (χ2v) is 3.46. The van der Waals surface area contributed by atoms with Crippen molar-refractivity contribution < 1.29 is 45.9 Å². The fraction of sp³-hybridized carbons (Fsp3) is 0.429. The topological polar surface area (TPSA) is 58.9 Å². The van der Waals surface area contributed by atoms with Gasteiger partial charge in [-0.3, -0.25) is 0 Å². The van der Waals surface area contributed by atoms with Crippen molar-refractivity contribution in [2.45, 2.75) is 26.7 Å². The minimum absolute atomic E-state index is 0. The van der Waals surface area contributed by atoms with Crippen LogP contribution in [0.1, 0.15) is 26.7 Å². The zero-order valence-electron chi connectivity index (χ0n) is 12.0. The molecule has 0 atom stereocenters. The molecule has 0 aromatic heterocycles. The monoisotopic (exact) mass is 412 g/mol. The number of ether oxygens (including phenoxy) is 2. The Bertz CT molecular complexity index is 366. The molecule has 2 aliphatic rings. The van der Waals surface area contributed by atoms with Gasteiger partial charge < -0.3 is 19.7 Å². The molecule has 0 fully saturated rings. The Hall–Kier alpha value is -0.377. The van der Waals surface area contributed by atoms with E-state index in [4.69, 9.17) is 19.7 Å². The minimum Gasteiger partial charge on any atom is -0.576 e. The Morgan fingerprint density at radius 3 is 1.43 bits per heavy atom. The summed E-state index contributed by atoms with van der Waals surface area (Å²) in [4.78, 5) is 0. The second kappa shape index (κ2) is 14.6. The van der Waals surface area contributed by atoms with Crippen molar-refractivity contribution in [1.82, 2.24) is 0 Å². The molecule has 0 unspecified atom stereocenters. The number of rotatable bonds is 4. The molecule has 0 amide bonds. The van der Waals surface area contributed by atoms with Crippen LogP contribution in [0.3, 0.4) is 0 Å². The maximum atomic E-state index is 8.93. The normalized spacial score (nSPS) is 14.6.